The molecule has 5 heteroatoms. The number of fused-ring (bicyclic) bond motifs is 1. The SMILES string of the molecule is COCc1c(C(=O)OCc2ccccc2F)oc2ccccc12. The molecule has 0 atom stereocenters. The van der Waals surface area contributed by atoms with Gasteiger partial charge in [-0.25, -0.2) is 9.18 Å². The zero-order valence-corrected chi connectivity index (χ0v) is 12.5. The fraction of sp³-hybridized carbons (Fsp3) is 0.167. The van der Waals surface area contributed by atoms with Crippen LogP contribution in [0.5, 0.6) is 0 Å². The van der Waals surface area contributed by atoms with Gasteiger partial charge in [0.25, 0.3) is 0 Å². The summed E-state index contributed by atoms with van der Waals surface area (Å²) < 4.78 is 29.5. The lowest BCUT2D eigenvalue weighted by Gasteiger charge is -2.05. The first-order valence-electron chi connectivity index (χ1n) is 7.10. The molecule has 0 unspecified atom stereocenters. The fourth-order valence-electron chi connectivity index (χ4n) is 2.38. The van der Waals surface area contributed by atoms with Crippen LogP contribution in [-0.2, 0) is 22.7 Å². The Morgan fingerprint density at radius 2 is 1.83 bits per heavy atom. The molecule has 1 aromatic heterocycles. The van der Waals surface area contributed by atoms with Crippen LogP contribution in [0.25, 0.3) is 11.0 Å². The summed E-state index contributed by atoms with van der Waals surface area (Å²) in [5.74, 6) is -0.970. The average Bonchev–Trinajstić information content (AvgIpc) is 2.93. The summed E-state index contributed by atoms with van der Waals surface area (Å²) in [6.07, 6.45) is 0. The van der Waals surface area contributed by atoms with E-state index < -0.39 is 11.8 Å². The van der Waals surface area contributed by atoms with Crippen LogP contribution >= 0.6 is 0 Å². The molecule has 0 spiro atoms. The Labute approximate surface area is 132 Å². The van der Waals surface area contributed by atoms with Gasteiger partial charge in [-0.3, -0.25) is 0 Å². The van der Waals surface area contributed by atoms with Gasteiger partial charge >= 0.3 is 5.97 Å². The Hall–Kier alpha value is -2.66. The van der Waals surface area contributed by atoms with E-state index in [-0.39, 0.29) is 19.0 Å². The highest BCUT2D eigenvalue weighted by atomic mass is 19.1. The molecule has 0 N–H and O–H groups in total. The van der Waals surface area contributed by atoms with Gasteiger partial charge < -0.3 is 13.9 Å². The van der Waals surface area contributed by atoms with E-state index in [1.165, 1.54) is 13.2 Å². The Morgan fingerprint density at radius 1 is 1.09 bits per heavy atom. The van der Waals surface area contributed by atoms with Crippen LogP contribution in [-0.4, -0.2) is 13.1 Å². The molecule has 23 heavy (non-hydrogen) atoms. The number of esters is 1. The highest BCUT2D eigenvalue weighted by Crippen LogP contribution is 2.27. The normalized spacial score (nSPS) is 10.9. The first-order chi connectivity index (χ1) is 11.2. The predicted octanol–water partition coefficient (Wildman–Crippen LogP) is 4.08. The van der Waals surface area contributed by atoms with Crippen molar-refractivity contribution < 1.29 is 23.1 Å². The molecule has 0 aliphatic rings. The molecular formula is C18H15FO4. The fourth-order valence-corrected chi connectivity index (χ4v) is 2.38. The highest BCUT2D eigenvalue weighted by molar-refractivity contribution is 5.96. The third-order valence-corrected chi connectivity index (χ3v) is 3.49. The summed E-state index contributed by atoms with van der Waals surface area (Å²) in [7, 11) is 1.54. The van der Waals surface area contributed by atoms with Crippen LogP contribution in [0.3, 0.4) is 0 Å². The van der Waals surface area contributed by atoms with Crippen LogP contribution in [0.2, 0.25) is 0 Å². The number of rotatable bonds is 5. The molecule has 0 amide bonds. The molecule has 2 aromatic carbocycles. The van der Waals surface area contributed by atoms with Crippen LogP contribution in [0.15, 0.2) is 52.9 Å². The Balaban J connectivity index is 1.86. The van der Waals surface area contributed by atoms with Gasteiger partial charge in [-0.1, -0.05) is 36.4 Å². The third kappa shape index (κ3) is 3.10. The molecule has 1 heterocycles. The Bertz CT molecular complexity index is 838. The first kappa shape index (κ1) is 15.2. The minimum absolute atomic E-state index is 0.0874. The van der Waals surface area contributed by atoms with E-state index in [0.29, 0.717) is 16.7 Å². The van der Waals surface area contributed by atoms with E-state index in [4.69, 9.17) is 13.9 Å². The van der Waals surface area contributed by atoms with Gasteiger partial charge in [-0.2, -0.15) is 0 Å². The third-order valence-electron chi connectivity index (χ3n) is 3.49. The molecule has 3 rings (SSSR count). The van der Waals surface area contributed by atoms with E-state index in [0.717, 1.165) is 5.39 Å². The molecule has 0 fully saturated rings. The summed E-state index contributed by atoms with van der Waals surface area (Å²) >= 11 is 0. The molecule has 0 bridgehead atoms. The number of halogens is 1. The molecule has 0 aliphatic carbocycles. The summed E-state index contributed by atoms with van der Waals surface area (Å²) in [6.45, 7) is 0.0656. The summed E-state index contributed by atoms with van der Waals surface area (Å²) in [4.78, 5) is 12.3. The molecule has 4 nitrogen and oxygen atoms in total. The predicted molar refractivity (Wildman–Crippen MR) is 82.4 cm³/mol. The summed E-state index contributed by atoms with van der Waals surface area (Å²) in [5, 5.41) is 0.798. The molecular weight excluding hydrogens is 299 g/mol. The molecule has 0 saturated heterocycles. The zero-order valence-electron chi connectivity index (χ0n) is 12.5. The van der Waals surface area contributed by atoms with Gasteiger partial charge in [-0.15, -0.1) is 0 Å². The number of carbonyl (C=O) groups is 1. The maximum Gasteiger partial charge on any atom is 0.374 e. The smallest absolute Gasteiger partial charge is 0.374 e. The number of para-hydroxylation sites is 1. The second-order valence-corrected chi connectivity index (χ2v) is 5.01. The quantitative estimate of drug-likeness (QED) is 0.666. The highest BCUT2D eigenvalue weighted by Gasteiger charge is 2.22. The Kier molecular flexibility index (Phi) is 4.39. The second kappa shape index (κ2) is 6.62. The van der Waals surface area contributed by atoms with Crippen molar-refractivity contribution in [1.29, 1.82) is 0 Å². The minimum atomic E-state index is -0.642. The molecule has 0 aliphatic heterocycles. The summed E-state index contributed by atoms with van der Waals surface area (Å²) in [6, 6.07) is 13.4. The number of benzene rings is 2. The van der Waals surface area contributed by atoms with Crippen molar-refractivity contribution in [3.05, 3.63) is 71.2 Å². The standard InChI is InChI=1S/C18H15FO4/c1-21-11-14-13-7-3-5-9-16(13)23-17(14)18(20)22-10-12-6-2-4-8-15(12)19/h2-9H,10-11H2,1H3. The van der Waals surface area contributed by atoms with Crippen LogP contribution in [0.4, 0.5) is 4.39 Å². The number of methoxy groups -OCH3 is 1. The number of carbonyl (C=O) groups excluding carboxylic acids is 1. The zero-order chi connectivity index (χ0) is 16.2. The minimum Gasteiger partial charge on any atom is -0.455 e. The van der Waals surface area contributed by atoms with Crippen molar-refractivity contribution in [2.45, 2.75) is 13.2 Å². The van der Waals surface area contributed by atoms with Gasteiger partial charge in [0.05, 0.1) is 6.61 Å². The van der Waals surface area contributed by atoms with Crippen molar-refractivity contribution >= 4 is 16.9 Å². The monoisotopic (exact) mass is 314 g/mol. The molecule has 3 aromatic rings. The van der Waals surface area contributed by atoms with Crippen molar-refractivity contribution in [3.63, 3.8) is 0 Å². The number of ether oxygens (including phenoxy) is 2. The lowest BCUT2D eigenvalue weighted by Crippen LogP contribution is -2.08. The van der Waals surface area contributed by atoms with Crippen LogP contribution in [0.1, 0.15) is 21.7 Å². The lowest BCUT2D eigenvalue weighted by atomic mass is 10.1. The Morgan fingerprint density at radius 3 is 2.61 bits per heavy atom. The van der Waals surface area contributed by atoms with E-state index in [1.54, 1.807) is 24.3 Å². The van der Waals surface area contributed by atoms with E-state index in [9.17, 15) is 9.18 Å². The van der Waals surface area contributed by atoms with Gasteiger partial charge in [0, 0.05) is 23.6 Å². The van der Waals surface area contributed by atoms with E-state index in [2.05, 4.69) is 0 Å². The van der Waals surface area contributed by atoms with Gasteiger partial charge in [0.15, 0.2) is 0 Å². The van der Waals surface area contributed by atoms with Crippen molar-refractivity contribution in [3.8, 4) is 0 Å². The molecule has 118 valence electrons. The molecule has 0 radical (unpaired) electrons. The van der Waals surface area contributed by atoms with Gasteiger partial charge in [0.2, 0.25) is 5.76 Å². The molecule has 0 saturated carbocycles. The van der Waals surface area contributed by atoms with Gasteiger partial charge in [0.1, 0.15) is 18.0 Å². The van der Waals surface area contributed by atoms with E-state index in [1.807, 2.05) is 18.2 Å². The maximum atomic E-state index is 13.6. The van der Waals surface area contributed by atoms with Gasteiger partial charge in [-0.05, 0) is 12.1 Å². The van der Waals surface area contributed by atoms with E-state index >= 15 is 0 Å². The largest absolute Gasteiger partial charge is 0.455 e. The lowest BCUT2D eigenvalue weighted by molar-refractivity contribution is 0.0429. The average molecular weight is 314 g/mol. The van der Waals surface area contributed by atoms with Crippen molar-refractivity contribution in [2.24, 2.45) is 0 Å². The van der Waals surface area contributed by atoms with Crippen LogP contribution in [0, 0.1) is 5.82 Å². The van der Waals surface area contributed by atoms with Crippen LogP contribution < -0.4 is 0 Å². The number of furan rings is 1. The summed E-state index contributed by atoms with van der Waals surface area (Å²) in [5.41, 5.74) is 1.52. The second-order valence-electron chi connectivity index (χ2n) is 5.01. The maximum absolute atomic E-state index is 13.6. The number of hydrogen-bond donors (Lipinski definition) is 0. The first-order valence-corrected chi connectivity index (χ1v) is 7.10. The van der Waals surface area contributed by atoms with Crippen molar-refractivity contribution in [2.75, 3.05) is 7.11 Å². The topological polar surface area (TPSA) is 48.7 Å². The number of hydrogen-bond acceptors (Lipinski definition) is 4. The van der Waals surface area contributed by atoms with Crippen molar-refractivity contribution in [1.82, 2.24) is 0 Å².